The summed E-state index contributed by atoms with van der Waals surface area (Å²) in [6.45, 7) is 2.14. The van der Waals surface area contributed by atoms with Crippen LogP contribution < -0.4 is 0 Å². The third kappa shape index (κ3) is 3.09. The van der Waals surface area contributed by atoms with Crippen LogP contribution in [0.2, 0.25) is 0 Å². The van der Waals surface area contributed by atoms with Gasteiger partial charge < -0.3 is 4.74 Å². The zero-order valence-corrected chi connectivity index (χ0v) is 11.6. The van der Waals surface area contributed by atoms with Crippen molar-refractivity contribution in [2.45, 2.75) is 13.0 Å². The topological polar surface area (TPSA) is 69.4 Å². The van der Waals surface area contributed by atoms with E-state index in [1.54, 1.807) is 31.2 Å². The zero-order chi connectivity index (χ0) is 14.5. The van der Waals surface area contributed by atoms with Gasteiger partial charge >= 0.3 is 0 Å². The Morgan fingerprint density at radius 3 is 2.80 bits per heavy atom. The van der Waals surface area contributed by atoms with Crippen LogP contribution >= 0.6 is 11.3 Å². The lowest BCUT2D eigenvalue weighted by Gasteiger charge is -2.15. The second kappa shape index (κ2) is 6.40. The number of non-ortho nitro benzene ring substituents is 1. The molecule has 0 amide bonds. The highest BCUT2D eigenvalue weighted by molar-refractivity contribution is 7.12. The highest BCUT2D eigenvalue weighted by atomic mass is 32.1. The summed E-state index contributed by atoms with van der Waals surface area (Å²) in [6.07, 6.45) is -0.807. The summed E-state index contributed by atoms with van der Waals surface area (Å²) in [5.41, 5.74) is 0.450. The Labute approximate surface area is 120 Å². The van der Waals surface area contributed by atoms with Gasteiger partial charge in [-0.05, 0) is 23.9 Å². The molecule has 1 aromatic heterocycles. The molecule has 1 aromatic carbocycles. The number of thiophene rings is 1. The maximum Gasteiger partial charge on any atom is 0.269 e. The van der Waals surface area contributed by atoms with Crippen molar-refractivity contribution in [3.05, 3.63) is 62.3 Å². The lowest BCUT2D eigenvalue weighted by Crippen LogP contribution is -2.15. The summed E-state index contributed by atoms with van der Waals surface area (Å²) in [5.74, 6) is -0.178. The fraction of sp³-hybridized carbons (Fsp3) is 0.214. The Balaban J connectivity index is 2.35. The monoisotopic (exact) mass is 291 g/mol. The lowest BCUT2D eigenvalue weighted by atomic mass is 10.0. The first-order valence-electron chi connectivity index (χ1n) is 6.07. The molecule has 0 saturated carbocycles. The van der Waals surface area contributed by atoms with Gasteiger partial charge in [-0.15, -0.1) is 11.3 Å². The van der Waals surface area contributed by atoms with Gasteiger partial charge in [-0.3, -0.25) is 14.9 Å². The molecule has 2 aromatic rings. The largest absolute Gasteiger partial charge is 0.366 e. The number of hydrogen-bond donors (Lipinski definition) is 0. The quantitative estimate of drug-likeness (QED) is 0.463. The van der Waals surface area contributed by atoms with Crippen molar-refractivity contribution >= 4 is 22.8 Å². The number of ether oxygens (including phenoxy) is 1. The van der Waals surface area contributed by atoms with Crippen molar-refractivity contribution in [1.82, 2.24) is 0 Å². The number of nitrogens with zero attached hydrogens (tertiary/aromatic N) is 1. The molecule has 0 bridgehead atoms. The van der Waals surface area contributed by atoms with Crippen LogP contribution in [0.5, 0.6) is 0 Å². The van der Waals surface area contributed by atoms with E-state index in [9.17, 15) is 14.9 Å². The Kier molecular flexibility index (Phi) is 4.60. The molecule has 0 aliphatic carbocycles. The molecule has 1 heterocycles. The molecule has 0 fully saturated rings. The van der Waals surface area contributed by atoms with Gasteiger partial charge in [0.05, 0.1) is 9.80 Å². The van der Waals surface area contributed by atoms with Crippen molar-refractivity contribution in [3.63, 3.8) is 0 Å². The standard InChI is InChI=1S/C14H13NO4S/c1-2-19-14(13(16)12-7-4-8-20-12)10-5-3-6-11(9-10)15(17)18/h3-9,14H,2H2,1H3. The molecule has 5 nitrogen and oxygen atoms in total. The number of Topliss-reactive ketones (excluding diaryl/α,β-unsaturated/α-hetero) is 1. The number of nitro groups is 1. The first kappa shape index (κ1) is 14.4. The highest BCUT2D eigenvalue weighted by Crippen LogP contribution is 2.27. The van der Waals surface area contributed by atoms with E-state index in [-0.39, 0.29) is 11.5 Å². The van der Waals surface area contributed by atoms with E-state index >= 15 is 0 Å². The number of carbonyl (C=O) groups excluding carboxylic acids is 1. The number of ketones is 1. The van der Waals surface area contributed by atoms with Gasteiger partial charge in [0.1, 0.15) is 6.10 Å². The Bertz CT molecular complexity index is 609. The summed E-state index contributed by atoms with van der Waals surface area (Å²) >= 11 is 1.33. The Hall–Kier alpha value is -2.05. The highest BCUT2D eigenvalue weighted by Gasteiger charge is 2.24. The SMILES string of the molecule is CCOC(C(=O)c1cccs1)c1cccc([N+](=O)[O-])c1. The summed E-state index contributed by atoms with van der Waals surface area (Å²) in [4.78, 5) is 23.3. The molecule has 0 aliphatic heterocycles. The van der Waals surface area contributed by atoms with Crippen molar-refractivity contribution < 1.29 is 14.5 Å². The van der Waals surface area contributed by atoms with Crippen LogP contribution in [-0.4, -0.2) is 17.3 Å². The van der Waals surface area contributed by atoms with E-state index in [4.69, 9.17) is 4.74 Å². The molecule has 0 aliphatic rings. The normalized spacial score (nSPS) is 12.1. The van der Waals surface area contributed by atoms with Gasteiger partial charge in [-0.2, -0.15) is 0 Å². The van der Waals surface area contributed by atoms with Crippen molar-refractivity contribution in [2.75, 3.05) is 6.61 Å². The maximum absolute atomic E-state index is 12.4. The van der Waals surface area contributed by atoms with Crippen LogP contribution in [0.4, 0.5) is 5.69 Å². The zero-order valence-electron chi connectivity index (χ0n) is 10.8. The molecule has 0 spiro atoms. The molecule has 0 N–H and O–H groups in total. The number of hydrogen-bond acceptors (Lipinski definition) is 5. The van der Waals surface area contributed by atoms with E-state index < -0.39 is 11.0 Å². The molecule has 20 heavy (non-hydrogen) atoms. The van der Waals surface area contributed by atoms with Gasteiger partial charge in [0, 0.05) is 18.7 Å². The van der Waals surface area contributed by atoms with Crippen molar-refractivity contribution in [3.8, 4) is 0 Å². The Morgan fingerprint density at radius 1 is 1.40 bits per heavy atom. The minimum atomic E-state index is -0.807. The van der Waals surface area contributed by atoms with Crippen LogP contribution in [0.25, 0.3) is 0 Å². The van der Waals surface area contributed by atoms with Gasteiger partial charge in [-0.1, -0.05) is 18.2 Å². The molecule has 1 atom stereocenters. The number of rotatable bonds is 6. The molecule has 0 radical (unpaired) electrons. The third-order valence-corrected chi connectivity index (χ3v) is 3.60. The van der Waals surface area contributed by atoms with Gasteiger partial charge in [0.25, 0.3) is 5.69 Å². The fourth-order valence-corrected chi connectivity index (χ4v) is 2.52. The molecular weight excluding hydrogens is 278 g/mol. The van der Waals surface area contributed by atoms with E-state index in [0.717, 1.165) is 0 Å². The lowest BCUT2D eigenvalue weighted by molar-refractivity contribution is -0.385. The van der Waals surface area contributed by atoms with E-state index in [1.807, 2.05) is 5.38 Å². The Morgan fingerprint density at radius 2 is 2.20 bits per heavy atom. The predicted octanol–water partition coefficient (Wildman–Crippen LogP) is 3.62. The number of benzene rings is 1. The molecule has 104 valence electrons. The molecular formula is C14H13NO4S. The molecule has 6 heteroatoms. The van der Waals surface area contributed by atoms with Crippen LogP contribution in [0.1, 0.15) is 28.3 Å². The van der Waals surface area contributed by atoms with Crippen LogP contribution in [0.15, 0.2) is 41.8 Å². The molecule has 1 unspecified atom stereocenters. The second-order valence-electron chi connectivity index (χ2n) is 4.03. The van der Waals surface area contributed by atoms with E-state index in [2.05, 4.69) is 0 Å². The van der Waals surface area contributed by atoms with Gasteiger partial charge in [-0.25, -0.2) is 0 Å². The van der Waals surface area contributed by atoms with Crippen molar-refractivity contribution in [1.29, 1.82) is 0 Å². The third-order valence-electron chi connectivity index (χ3n) is 2.72. The average molecular weight is 291 g/mol. The predicted molar refractivity (Wildman–Crippen MR) is 76.1 cm³/mol. The van der Waals surface area contributed by atoms with Crippen LogP contribution in [0, 0.1) is 10.1 Å². The fourth-order valence-electron chi connectivity index (χ4n) is 1.84. The van der Waals surface area contributed by atoms with Gasteiger partial charge in [0.15, 0.2) is 0 Å². The smallest absolute Gasteiger partial charge is 0.269 e. The average Bonchev–Trinajstić information content (AvgIpc) is 2.98. The summed E-state index contributed by atoms with van der Waals surface area (Å²) in [6, 6.07) is 9.50. The van der Waals surface area contributed by atoms with E-state index in [1.165, 1.54) is 23.5 Å². The molecule has 2 rings (SSSR count). The molecule has 0 saturated heterocycles. The van der Waals surface area contributed by atoms with E-state index in [0.29, 0.717) is 17.0 Å². The van der Waals surface area contributed by atoms with Crippen LogP contribution in [0.3, 0.4) is 0 Å². The van der Waals surface area contributed by atoms with Crippen LogP contribution in [-0.2, 0) is 4.74 Å². The van der Waals surface area contributed by atoms with Crippen molar-refractivity contribution in [2.24, 2.45) is 0 Å². The summed E-state index contributed by atoms with van der Waals surface area (Å²) in [7, 11) is 0. The summed E-state index contributed by atoms with van der Waals surface area (Å²) in [5, 5.41) is 12.6. The summed E-state index contributed by atoms with van der Waals surface area (Å²) < 4.78 is 5.48. The minimum Gasteiger partial charge on any atom is -0.366 e. The first-order chi connectivity index (χ1) is 9.63. The van der Waals surface area contributed by atoms with Gasteiger partial charge in [0.2, 0.25) is 5.78 Å². The number of nitro benzene ring substituents is 1. The first-order valence-corrected chi connectivity index (χ1v) is 6.95. The minimum absolute atomic E-state index is 0.0498. The maximum atomic E-state index is 12.4. The second-order valence-corrected chi connectivity index (χ2v) is 4.98. The number of carbonyl (C=O) groups is 1.